The van der Waals surface area contributed by atoms with E-state index >= 15 is 0 Å². The first-order valence-corrected chi connectivity index (χ1v) is 12.0. The molecule has 0 saturated heterocycles. The van der Waals surface area contributed by atoms with Crippen LogP contribution in [0.25, 0.3) is 0 Å². The molecule has 3 N–H and O–H groups in total. The van der Waals surface area contributed by atoms with Gasteiger partial charge in [-0.25, -0.2) is 0 Å². The molecule has 7 heteroatoms. The Morgan fingerprint density at radius 2 is 1.24 bits per heavy atom. The molecule has 2 amide bonds. The smallest absolute Gasteiger partial charge is 0.255 e. The number of ether oxygens (including phenoxy) is 2. The summed E-state index contributed by atoms with van der Waals surface area (Å²) >= 11 is 0. The van der Waals surface area contributed by atoms with E-state index in [-0.39, 0.29) is 18.4 Å². The Bertz CT molecular complexity index is 1310. The Kier molecular flexibility index (Phi) is 8.75. The molecule has 0 heterocycles. The number of hydrogen-bond donors (Lipinski definition) is 3. The van der Waals surface area contributed by atoms with Crippen LogP contribution in [0, 0.1) is 6.92 Å². The van der Waals surface area contributed by atoms with Gasteiger partial charge in [-0.2, -0.15) is 0 Å². The fraction of sp³-hybridized carbons (Fsp3) is 0.133. The maximum atomic E-state index is 12.4. The van der Waals surface area contributed by atoms with Crippen LogP contribution in [0.15, 0.2) is 103 Å². The van der Waals surface area contributed by atoms with Crippen molar-refractivity contribution in [2.24, 2.45) is 0 Å². The molecule has 4 rings (SSSR count). The molecular weight excluding hydrogens is 466 g/mol. The molecule has 0 atom stereocenters. The van der Waals surface area contributed by atoms with E-state index in [2.05, 4.69) is 16.0 Å². The van der Waals surface area contributed by atoms with Crippen molar-refractivity contribution in [3.63, 3.8) is 0 Å². The van der Waals surface area contributed by atoms with Crippen molar-refractivity contribution in [1.29, 1.82) is 0 Å². The summed E-state index contributed by atoms with van der Waals surface area (Å²) in [6, 6.07) is 31.4. The van der Waals surface area contributed by atoms with Crippen molar-refractivity contribution in [3.05, 3.63) is 114 Å². The molecule has 188 valence electrons. The number of anilines is 3. The van der Waals surface area contributed by atoms with Crippen molar-refractivity contribution >= 4 is 28.9 Å². The number of nitrogens with one attached hydrogen (secondary N) is 3. The van der Waals surface area contributed by atoms with Crippen LogP contribution in [0.3, 0.4) is 0 Å². The lowest BCUT2D eigenvalue weighted by molar-refractivity contribution is -0.114. The molecule has 0 unspecified atom stereocenters. The quantitative estimate of drug-likeness (QED) is 0.230. The number of amides is 2. The van der Waals surface area contributed by atoms with Crippen LogP contribution in [-0.4, -0.2) is 31.6 Å². The highest BCUT2D eigenvalue weighted by Crippen LogP contribution is 2.17. The third-order valence-electron chi connectivity index (χ3n) is 5.38. The van der Waals surface area contributed by atoms with Gasteiger partial charge in [-0.3, -0.25) is 9.59 Å². The molecule has 0 spiro atoms. The third kappa shape index (κ3) is 8.14. The fourth-order valence-electron chi connectivity index (χ4n) is 3.52. The van der Waals surface area contributed by atoms with Crippen LogP contribution in [0.5, 0.6) is 11.5 Å². The molecule has 0 aliphatic rings. The largest absolute Gasteiger partial charge is 0.490 e. The minimum Gasteiger partial charge on any atom is -0.490 e. The van der Waals surface area contributed by atoms with E-state index in [9.17, 15) is 9.59 Å². The Labute approximate surface area is 216 Å². The van der Waals surface area contributed by atoms with Gasteiger partial charge in [0.05, 0.1) is 6.54 Å². The number of aryl methyl sites for hydroxylation is 1. The van der Waals surface area contributed by atoms with Gasteiger partial charge in [-0.05, 0) is 79.7 Å². The minimum absolute atomic E-state index is 0.101. The molecule has 0 saturated carbocycles. The van der Waals surface area contributed by atoms with Gasteiger partial charge in [0.1, 0.15) is 24.7 Å². The van der Waals surface area contributed by atoms with Gasteiger partial charge in [0.15, 0.2) is 0 Å². The maximum absolute atomic E-state index is 12.4. The van der Waals surface area contributed by atoms with Gasteiger partial charge >= 0.3 is 0 Å². The number of hydrogen-bond acceptors (Lipinski definition) is 5. The SMILES string of the molecule is Cc1cccc(C(=O)Nc2ccc(NCC(=O)Nc3ccc(OCCOc4ccccc4)cc3)cc2)c1. The van der Waals surface area contributed by atoms with E-state index in [0.29, 0.717) is 35.9 Å². The van der Waals surface area contributed by atoms with Crippen LogP contribution >= 0.6 is 0 Å². The van der Waals surface area contributed by atoms with Crippen molar-refractivity contribution in [1.82, 2.24) is 0 Å². The van der Waals surface area contributed by atoms with Gasteiger partial charge in [0.25, 0.3) is 5.91 Å². The Morgan fingerprint density at radius 3 is 1.92 bits per heavy atom. The zero-order valence-electron chi connectivity index (χ0n) is 20.6. The molecule has 0 bridgehead atoms. The Hall–Kier alpha value is -4.78. The minimum atomic E-state index is -0.179. The summed E-state index contributed by atoms with van der Waals surface area (Å²) in [6.07, 6.45) is 0. The number of carbonyl (C=O) groups is 2. The van der Waals surface area contributed by atoms with Gasteiger partial charge in [-0.15, -0.1) is 0 Å². The van der Waals surface area contributed by atoms with Crippen LogP contribution in [0.1, 0.15) is 15.9 Å². The van der Waals surface area contributed by atoms with E-state index in [1.807, 2.05) is 67.6 Å². The van der Waals surface area contributed by atoms with E-state index < -0.39 is 0 Å². The lowest BCUT2D eigenvalue weighted by Gasteiger charge is -2.11. The fourth-order valence-corrected chi connectivity index (χ4v) is 3.52. The van der Waals surface area contributed by atoms with Crippen molar-refractivity contribution in [2.75, 3.05) is 35.7 Å². The molecule has 4 aromatic carbocycles. The molecule has 0 aliphatic heterocycles. The van der Waals surface area contributed by atoms with Crippen molar-refractivity contribution < 1.29 is 19.1 Å². The predicted octanol–water partition coefficient (Wildman–Crippen LogP) is 5.76. The summed E-state index contributed by atoms with van der Waals surface area (Å²) in [5.74, 6) is 1.16. The molecule has 7 nitrogen and oxygen atoms in total. The molecule has 0 aromatic heterocycles. The zero-order chi connectivity index (χ0) is 25.9. The summed E-state index contributed by atoms with van der Waals surface area (Å²) in [4.78, 5) is 24.7. The molecule has 4 aromatic rings. The highest BCUT2D eigenvalue weighted by Gasteiger charge is 2.07. The lowest BCUT2D eigenvalue weighted by atomic mass is 10.1. The molecular formula is C30H29N3O4. The Balaban J connectivity index is 1.16. The third-order valence-corrected chi connectivity index (χ3v) is 5.38. The summed E-state index contributed by atoms with van der Waals surface area (Å²) in [7, 11) is 0. The van der Waals surface area contributed by atoms with Crippen LogP contribution in [-0.2, 0) is 4.79 Å². The topological polar surface area (TPSA) is 88.7 Å². The molecule has 0 radical (unpaired) electrons. The number of benzene rings is 4. The van der Waals surface area contributed by atoms with Gasteiger partial charge in [-0.1, -0.05) is 35.9 Å². The first kappa shape index (κ1) is 25.3. The predicted molar refractivity (Wildman–Crippen MR) is 147 cm³/mol. The van der Waals surface area contributed by atoms with Crippen LogP contribution < -0.4 is 25.4 Å². The molecule has 37 heavy (non-hydrogen) atoms. The first-order valence-electron chi connectivity index (χ1n) is 12.0. The number of rotatable bonds is 11. The first-order chi connectivity index (χ1) is 18.0. The average Bonchev–Trinajstić information content (AvgIpc) is 2.92. The van der Waals surface area contributed by atoms with E-state index in [4.69, 9.17) is 9.47 Å². The van der Waals surface area contributed by atoms with Gasteiger partial charge < -0.3 is 25.4 Å². The lowest BCUT2D eigenvalue weighted by Crippen LogP contribution is -2.21. The van der Waals surface area contributed by atoms with Crippen molar-refractivity contribution in [3.8, 4) is 11.5 Å². The summed E-state index contributed by atoms with van der Waals surface area (Å²) in [5.41, 5.74) is 3.75. The molecule has 0 aliphatic carbocycles. The van der Waals surface area contributed by atoms with Crippen molar-refractivity contribution in [2.45, 2.75) is 6.92 Å². The summed E-state index contributed by atoms with van der Waals surface area (Å²) in [6.45, 7) is 2.90. The zero-order valence-corrected chi connectivity index (χ0v) is 20.6. The maximum Gasteiger partial charge on any atom is 0.255 e. The summed E-state index contributed by atoms with van der Waals surface area (Å²) in [5, 5.41) is 8.80. The average molecular weight is 496 g/mol. The van der Waals surface area contributed by atoms with Crippen LogP contribution in [0.2, 0.25) is 0 Å². The second-order valence-corrected chi connectivity index (χ2v) is 8.34. The van der Waals surface area contributed by atoms with Gasteiger partial charge in [0.2, 0.25) is 5.91 Å². The van der Waals surface area contributed by atoms with Crippen LogP contribution in [0.4, 0.5) is 17.1 Å². The summed E-state index contributed by atoms with van der Waals surface area (Å²) < 4.78 is 11.3. The van der Waals surface area contributed by atoms with Gasteiger partial charge in [0, 0.05) is 22.6 Å². The molecule has 0 fully saturated rings. The highest BCUT2D eigenvalue weighted by atomic mass is 16.5. The number of carbonyl (C=O) groups excluding carboxylic acids is 2. The highest BCUT2D eigenvalue weighted by molar-refractivity contribution is 6.04. The van der Waals surface area contributed by atoms with E-state index in [1.165, 1.54) is 0 Å². The normalized spacial score (nSPS) is 10.3. The Morgan fingerprint density at radius 1 is 0.649 bits per heavy atom. The van der Waals surface area contributed by atoms with E-state index in [0.717, 1.165) is 17.0 Å². The second kappa shape index (κ2) is 12.8. The van der Waals surface area contributed by atoms with E-state index in [1.54, 1.807) is 42.5 Å². The monoisotopic (exact) mass is 495 g/mol. The second-order valence-electron chi connectivity index (χ2n) is 8.34. The standard InChI is InChI=1S/C30H29N3O4/c1-22-6-5-7-23(20-22)30(35)33-26-12-10-24(11-13-26)31-21-29(34)32-25-14-16-28(17-15-25)37-19-18-36-27-8-3-2-4-9-27/h2-17,20,31H,18-19,21H2,1H3,(H,32,34)(H,33,35). The number of para-hydroxylation sites is 1.